The van der Waals surface area contributed by atoms with Crippen molar-refractivity contribution >= 4 is 27.4 Å². The summed E-state index contributed by atoms with van der Waals surface area (Å²) < 4.78 is 45.8. The van der Waals surface area contributed by atoms with E-state index in [1.165, 1.54) is 22.8 Å². The van der Waals surface area contributed by atoms with Crippen LogP contribution in [0.1, 0.15) is 42.5 Å². The van der Waals surface area contributed by atoms with E-state index in [2.05, 4.69) is 9.17 Å². The van der Waals surface area contributed by atoms with Gasteiger partial charge in [0.1, 0.15) is 12.4 Å². The Balaban J connectivity index is 1.76. The van der Waals surface area contributed by atoms with E-state index in [0.717, 1.165) is 11.1 Å². The molecule has 0 amide bonds. The Kier molecular flexibility index (Phi) is 4.63. The molecule has 0 bridgehead atoms. The van der Waals surface area contributed by atoms with Gasteiger partial charge in [0.15, 0.2) is 5.60 Å². The summed E-state index contributed by atoms with van der Waals surface area (Å²) in [5.74, 6) is -0.982. The van der Waals surface area contributed by atoms with Crippen molar-refractivity contribution in [1.82, 2.24) is 9.55 Å². The van der Waals surface area contributed by atoms with Gasteiger partial charge in [-0.05, 0) is 42.7 Å². The van der Waals surface area contributed by atoms with Gasteiger partial charge in [0, 0.05) is 16.5 Å². The van der Waals surface area contributed by atoms with E-state index < -0.39 is 22.1 Å². The molecule has 3 aromatic rings. The second kappa shape index (κ2) is 7.09. The number of esters is 1. The highest BCUT2D eigenvalue weighted by molar-refractivity contribution is 7.81. The average molecular weight is 474 g/mol. The molecule has 0 saturated heterocycles. The summed E-state index contributed by atoms with van der Waals surface area (Å²) in [6.07, 6.45) is 0.566. The molecule has 1 atom stereocenters. The maximum absolute atomic E-state index is 13.3. The standard InChI is InChI=1S/C22H19FN2O7S/c1-3-12-13-7-11(32-33(23,29)30)5-6-17(13)24-19-14(12)9-25-18(19)8-16-15(20(25)26)10-31-21(27)22(16,28)4-2/h5-8,28H,3-4,9-10H2,1-2H3/t22-/m0/s1. The summed E-state index contributed by atoms with van der Waals surface area (Å²) in [4.78, 5) is 30.3. The van der Waals surface area contributed by atoms with E-state index in [9.17, 15) is 27.0 Å². The van der Waals surface area contributed by atoms with Crippen LogP contribution in [0.3, 0.4) is 0 Å². The highest BCUT2D eigenvalue weighted by atomic mass is 32.3. The van der Waals surface area contributed by atoms with Crippen molar-refractivity contribution in [3.8, 4) is 17.1 Å². The fraction of sp³-hybridized carbons (Fsp3) is 0.318. The van der Waals surface area contributed by atoms with Gasteiger partial charge in [-0.15, -0.1) is 0 Å². The number of aryl methyl sites for hydroxylation is 1. The van der Waals surface area contributed by atoms with Crippen molar-refractivity contribution in [2.45, 2.75) is 45.4 Å². The Morgan fingerprint density at radius 2 is 2.00 bits per heavy atom. The Labute approximate surface area is 187 Å². The minimum Gasteiger partial charge on any atom is -0.458 e. The molecule has 11 heteroatoms. The quantitative estimate of drug-likeness (QED) is 0.353. The lowest BCUT2D eigenvalue weighted by atomic mass is 9.86. The number of fused-ring (bicyclic) bond motifs is 5. The maximum atomic E-state index is 13.3. The zero-order chi connectivity index (χ0) is 23.7. The predicted octanol–water partition coefficient (Wildman–Crippen LogP) is 2.24. The largest absolute Gasteiger partial charge is 0.488 e. The normalized spacial score (nSPS) is 19.1. The molecule has 0 radical (unpaired) electrons. The van der Waals surface area contributed by atoms with Gasteiger partial charge in [-0.3, -0.25) is 4.79 Å². The van der Waals surface area contributed by atoms with Gasteiger partial charge < -0.3 is 18.6 Å². The van der Waals surface area contributed by atoms with Crippen molar-refractivity contribution in [3.05, 3.63) is 56.9 Å². The molecule has 1 N–H and O–H groups in total. The van der Waals surface area contributed by atoms with Crippen LogP contribution >= 0.6 is 0 Å². The second-order valence-electron chi connectivity index (χ2n) is 8.03. The first kappa shape index (κ1) is 21.5. The molecule has 2 aliphatic rings. The van der Waals surface area contributed by atoms with Crippen LogP contribution < -0.4 is 9.74 Å². The number of cyclic esters (lactones) is 1. The molecule has 0 aliphatic carbocycles. The van der Waals surface area contributed by atoms with Crippen LogP contribution in [0.2, 0.25) is 0 Å². The number of pyridine rings is 2. The van der Waals surface area contributed by atoms with Gasteiger partial charge in [-0.1, -0.05) is 17.7 Å². The number of aromatic nitrogens is 2. The van der Waals surface area contributed by atoms with E-state index in [-0.39, 0.29) is 42.0 Å². The minimum atomic E-state index is -5.18. The van der Waals surface area contributed by atoms with Crippen molar-refractivity contribution in [2.75, 3.05) is 0 Å². The van der Waals surface area contributed by atoms with Crippen molar-refractivity contribution in [2.24, 2.45) is 0 Å². The molecule has 4 heterocycles. The molecule has 9 nitrogen and oxygen atoms in total. The van der Waals surface area contributed by atoms with E-state index in [0.29, 0.717) is 28.7 Å². The summed E-state index contributed by atoms with van der Waals surface area (Å²) in [6, 6.07) is 5.82. The Morgan fingerprint density at radius 3 is 2.67 bits per heavy atom. The monoisotopic (exact) mass is 474 g/mol. The van der Waals surface area contributed by atoms with E-state index >= 15 is 0 Å². The zero-order valence-electron chi connectivity index (χ0n) is 17.7. The Bertz CT molecular complexity index is 1530. The van der Waals surface area contributed by atoms with Gasteiger partial charge in [0.25, 0.3) is 5.56 Å². The SMILES string of the molecule is CCc1c2c(nc3ccc(OS(=O)(=O)F)cc13)-c1cc3c(c(=O)n1C2)COC(=O)[C@]3(O)CC. The van der Waals surface area contributed by atoms with Gasteiger partial charge in [0.2, 0.25) is 0 Å². The molecular formula is C22H19FN2O7S. The smallest absolute Gasteiger partial charge is 0.458 e. The maximum Gasteiger partial charge on any atom is 0.488 e. The van der Waals surface area contributed by atoms with E-state index in [1.807, 2.05) is 6.92 Å². The minimum absolute atomic E-state index is 0.0419. The van der Waals surface area contributed by atoms with Crippen LogP contribution in [-0.2, 0) is 45.2 Å². The summed E-state index contributed by atoms with van der Waals surface area (Å²) in [7, 11) is -5.18. The molecule has 33 heavy (non-hydrogen) atoms. The molecule has 2 aromatic heterocycles. The van der Waals surface area contributed by atoms with Crippen molar-refractivity contribution in [1.29, 1.82) is 0 Å². The fourth-order valence-electron chi connectivity index (χ4n) is 4.71. The number of hydrogen-bond acceptors (Lipinski definition) is 8. The molecule has 0 unspecified atom stereocenters. The summed E-state index contributed by atoms with van der Waals surface area (Å²) >= 11 is 0. The number of rotatable bonds is 4. The van der Waals surface area contributed by atoms with E-state index in [4.69, 9.17) is 4.74 Å². The summed E-state index contributed by atoms with van der Waals surface area (Å²) in [5.41, 5.74) is 1.20. The van der Waals surface area contributed by atoms with Crippen LogP contribution in [0.4, 0.5) is 3.89 Å². The molecule has 1 aromatic carbocycles. The first-order valence-electron chi connectivity index (χ1n) is 10.3. The fourth-order valence-corrected chi connectivity index (χ4v) is 5.05. The lowest BCUT2D eigenvalue weighted by Gasteiger charge is -2.31. The van der Waals surface area contributed by atoms with Crippen LogP contribution in [0.25, 0.3) is 22.3 Å². The van der Waals surface area contributed by atoms with Gasteiger partial charge in [-0.25, -0.2) is 9.78 Å². The summed E-state index contributed by atoms with van der Waals surface area (Å²) in [6.45, 7) is 3.51. The van der Waals surface area contributed by atoms with Crippen molar-refractivity contribution in [3.63, 3.8) is 0 Å². The number of halogens is 1. The second-order valence-corrected chi connectivity index (χ2v) is 8.98. The number of carbonyl (C=O) groups excluding carboxylic acids is 1. The third-order valence-electron chi connectivity index (χ3n) is 6.33. The highest BCUT2D eigenvalue weighted by Gasteiger charge is 2.45. The zero-order valence-corrected chi connectivity index (χ0v) is 18.5. The molecule has 2 aliphatic heterocycles. The third-order valence-corrected chi connectivity index (χ3v) is 6.72. The van der Waals surface area contributed by atoms with Gasteiger partial charge in [0.05, 0.1) is 29.0 Å². The van der Waals surface area contributed by atoms with Crippen LogP contribution in [0.15, 0.2) is 29.1 Å². The first-order chi connectivity index (χ1) is 15.6. The first-order valence-corrected chi connectivity index (χ1v) is 11.6. The third kappa shape index (κ3) is 3.14. The summed E-state index contributed by atoms with van der Waals surface area (Å²) in [5, 5.41) is 11.5. The van der Waals surface area contributed by atoms with Crippen LogP contribution in [-0.4, -0.2) is 29.0 Å². The molecule has 172 valence electrons. The molecule has 5 rings (SSSR count). The van der Waals surface area contributed by atoms with Crippen LogP contribution in [0, 0.1) is 0 Å². The number of nitrogens with zero attached hydrogens (tertiary/aromatic N) is 2. The van der Waals surface area contributed by atoms with Crippen molar-refractivity contribution < 1.29 is 31.1 Å². The Hall–Kier alpha value is -3.31. The molecule has 0 saturated carbocycles. The number of hydrogen-bond donors (Lipinski definition) is 1. The lowest BCUT2D eigenvalue weighted by Crippen LogP contribution is -2.44. The average Bonchev–Trinajstić information content (AvgIpc) is 3.12. The highest BCUT2D eigenvalue weighted by Crippen LogP contribution is 2.40. The number of carbonyl (C=O) groups is 1. The number of aliphatic hydroxyl groups is 1. The van der Waals surface area contributed by atoms with Crippen LogP contribution in [0.5, 0.6) is 5.75 Å². The Morgan fingerprint density at radius 1 is 1.24 bits per heavy atom. The molecule has 0 fully saturated rings. The predicted molar refractivity (Wildman–Crippen MR) is 115 cm³/mol. The van der Waals surface area contributed by atoms with Gasteiger partial charge >= 0.3 is 16.5 Å². The number of ether oxygens (including phenoxy) is 1. The molecular weight excluding hydrogens is 455 g/mol. The number of benzene rings is 1. The van der Waals surface area contributed by atoms with Gasteiger partial charge in [-0.2, -0.15) is 8.42 Å². The molecule has 0 spiro atoms. The lowest BCUT2D eigenvalue weighted by molar-refractivity contribution is -0.172. The van der Waals surface area contributed by atoms with E-state index in [1.54, 1.807) is 13.0 Å². The topological polar surface area (TPSA) is 125 Å².